The van der Waals surface area contributed by atoms with E-state index in [1.807, 2.05) is 0 Å². The first kappa shape index (κ1) is 92.7. The van der Waals surface area contributed by atoms with Crippen molar-refractivity contribution < 1.29 is 150 Å². The van der Waals surface area contributed by atoms with Gasteiger partial charge >= 0.3 is 23.9 Å². The average molecular weight is 1040 g/mol. The topological polar surface area (TPSA) is 275 Å². The summed E-state index contributed by atoms with van der Waals surface area (Å²) in [4.78, 5) is 40.5. The second-order valence-electron chi connectivity index (χ2n) is 13.1. The van der Waals surface area contributed by atoms with E-state index in [1.165, 1.54) is 128 Å². The molecule has 0 heterocycles. The quantitative estimate of drug-likeness (QED) is 0.0371. The summed E-state index contributed by atoms with van der Waals surface area (Å²) in [7, 11) is 0. The third kappa shape index (κ3) is 126. The molecule has 0 saturated carbocycles. The van der Waals surface area contributed by atoms with Gasteiger partial charge in [0.15, 0.2) is 0 Å². The summed E-state index contributed by atoms with van der Waals surface area (Å²) in [5.41, 5.74) is 0. The third-order valence-electron chi connectivity index (χ3n) is 7.98. The van der Waals surface area contributed by atoms with E-state index in [0.29, 0.717) is 25.7 Å². The molecule has 0 amide bonds. The monoisotopic (exact) mass is 1040 g/mol. The Balaban J connectivity index is -0.0000000391. The van der Waals surface area contributed by atoms with Gasteiger partial charge in [0.05, 0.1) is 0 Å². The van der Waals surface area contributed by atoms with Gasteiger partial charge in [0.1, 0.15) is 0 Å². The van der Waals surface area contributed by atoms with Crippen molar-refractivity contribution >= 4 is 23.9 Å². The van der Waals surface area contributed by atoms with Gasteiger partial charge < -0.3 is 42.3 Å². The second-order valence-corrected chi connectivity index (χ2v) is 13.1. The van der Waals surface area contributed by atoms with Gasteiger partial charge in [0, 0.05) is 115 Å². The first-order chi connectivity index (χ1) is 23.1. The van der Waals surface area contributed by atoms with Gasteiger partial charge in [-0.05, 0) is 25.7 Å². The molecule has 57 heavy (non-hydrogen) atoms. The SMILES string of the molecule is CCCCCCCCCC(=O)O.CCCCCCCCCC(=O)O.CCCCCCCCCC(=O)O.CCCCCCCCCC(=O)O.O.O.O.O.[Co].[Co].[Co].[Co].[Ti]. The zero-order valence-electron chi connectivity index (χ0n) is 35.9. The summed E-state index contributed by atoms with van der Waals surface area (Å²) in [5, 5.41) is 33.4. The molecule has 17 heteroatoms. The van der Waals surface area contributed by atoms with E-state index >= 15 is 0 Å². The zero-order chi connectivity index (χ0) is 36.9. The molecular weight excluding hydrogens is 956 g/mol. The fourth-order valence-electron chi connectivity index (χ4n) is 4.93. The number of aliphatic carboxylic acids is 4. The van der Waals surface area contributed by atoms with Crippen LogP contribution in [0.1, 0.15) is 233 Å². The van der Waals surface area contributed by atoms with Crippen molar-refractivity contribution in [2.45, 2.75) is 233 Å². The fraction of sp³-hybridized carbons (Fsp3) is 0.900. The molecule has 0 saturated heterocycles. The van der Waals surface area contributed by atoms with Gasteiger partial charge in [-0.25, -0.2) is 0 Å². The van der Waals surface area contributed by atoms with Crippen LogP contribution in [0, 0.1) is 0 Å². The Morgan fingerprint density at radius 2 is 0.368 bits per heavy atom. The number of hydrogen-bond donors (Lipinski definition) is 4. The van der Waals surface area contributed by atoms with E-state index in [-0.39, 0.29) is 111 Å². The summed E-state index contributed by atoms with van der Waals surface area (Å²) in [6.07, 6.45) is 34.6. The summed E-state index contributed by atoms with van der Waals surface area (Å²) in [6, 6.07) is 0. The Morgan fingerprint density at radius 1 is 0.263 bits per heavy atom. The molecule has 360 valence electrons. The Morgan fingerprint density at radius 3 is 0.474 bits per heavy atom. The Bertz CT molecular complexity index is 591. The molecule has 0 aromatic heterocycles. The Kier molecular flexibility index (Phi) is 143. The number of carboxylic acids is 4. The number of carbonyl (C=O) groups is 4. The number of carboxylic acid groups (broad SMARTS) is 4. The Labute approximate surface area is 404 Å². The second kappa shape index (κ2) is 87.9. The first-order valence-corrected chi connectivity index (χ1v) is 20.0. The van der Waals surface area contributed by atoms with Crippen LogP contribution in [-0.2, 0) is 108 Å². The van der Waals surface area contributed by atoms with E-state index in [9.17, 15) is 19.2 Å². The molecule has 0 aromatic carbocycles. The van der Waals surface area contributed by atoms with Gasteiger partial charge in [-0.15, -0.1) is 0 Å². The van der Waals surface area contributed by atoms with Crippen molar-refractivity contribution in [2.75, 3.05) is 0 Å². The molecule has 0 aliphatic rings. The van der Waals surface area contributed by atoms with Crippen LogP contribution in [-0.4, -0.2) is 66.2 Å². The first-order valence-electron chi connectivity index (χ1n) is 20.0. The predicted molar refractivity (Wildman–Crippen MR) is 215 cm³/mol. The van der Waals surface area contributed by atoms with Gasteiger partial charge in [-0.1, -0.05) is 182 Å². The van der Waals surface area contributed by atoms with Gasteiger partial charge in [-0.2, -0.15) is 0 Å². The van der Waals surface area contributed by atoms with Crippen LogP contribution in [0.3, 0.4) is 0 Å². The molecule has 12 N–H and O–H groups in total. The molecule has 0 aliphatic carbocycles. The molecule has 0 atom stereocenters. The van der Waals surface area contributed by atoms with E-state index in [4.69, 9.17) is 20.4 Å². The summed E-state index contributed by atoms with van der Waals surface area (Å²) in [5.74, 6) is -2.65. The van der Waals surface area contributed by atoms with Crippen LogP contribution < -0.4 is 0 Å². The molecule has 0 aromatic rings. The van der Waals surface area contributed by atoms with Crippen molar-refractivity contribution in [1.82, 2.24) is 0 Å². The number of hydrogen-bond acceptors (Lipinski definition) is 4. The molecule has 12 nitrogen and oxygen atoms in total. The minimum Gasteiger partial charge on any atom is -0.481 e. The molecule has 0 spiro atoms. The van der Waals surface area contributed by atoms with Crippen molar-refractivity contribution in [3.63, 3.8) is 0 Å². The van der Waals surface area contributed by atoms with Gasteiger partial charge in [-0.3, -0.25) is 19.2 Å². The number of rotatable bonds is 32. The Hall–Kier alpha value is 0.460. The van der Waals surface area contributed by atoms with Crippen LogP contribution in [0.25, 0.3) is 0 Å². The average Bonchev–Trinajstić information content (AvgIpc) is 3.03. The molecule has 0 fully saturated rings. The molecule has 0 aliphatic heterocycles. The van der Waals surface area contributed by atoms with Crippen molar-refractivity contribution in [1.29, 1.82) is 0 Å². The van der Waals surface area contributed by atoms with Crippen molar-refractivity contribution in [2.24, 2.45) is 0 Å². The normalized spacial score (nSPS) is 8.49. The van der Waals surface area contributed by atoms with E-state index < -0.39 is 23.9 Å². The largest absolute Gasteiger partial charge is 0.481 e. The van der Waals surface area contributed by atoms with Crippen molar-refractivity contribution in [3.8, 4) is 0 Å². The maximum Gasteiger partial charge on any atom is 0.303 e. The standard InChI is InChI=1S/4C10H20O2.4Co.4H2O.Ti/c4*1-2-3-4-5-6-7-8-9-10(11)12;;;;;;;;;/h4*2-9H2,1H3,(H,11,12);;;;;4*1H2;. The minimum absolute atomic E-state index is 0. The number of unbranched alkanes of at least 4 members (excludes halogenated alkanes) is 24. The van der Waals surface area contributed by atoms with Crippen LogP contribution in [0.15, 0.2) is 0 Å². The summed E-state index contributed by atoms with van der Waals surface area (Å²) in [6.45, 7) is 8.80. The van der Waals surface area contributed by atoms with Crippen LogP contribution >= 0.6 is 0 Å². The third-order valence-corrected chi connectivity index (χ3v) is 7.98. The minimum atomic E-state index is -0.663. The van der Waals surface area contributed by atoms with E-state index in [2.05, 4.69) is 27.7 Å². The fourth-order valence-corrected chi connectivity index (χ4v) is 4.93. The summed E-state index contributed by atoms with van der Waals surface area (Å²) < 4.78 is 0. The maximum atomic E-state index is 10.1. The van der Waals surface area contributed by atoms with Crippen molar-refractivity contribution in [3.05, 3.63) is 0 Å². The summed E-state index contributed by atoms with van der Waals surface area (Å²) >= 11 is 0. The maximum absolute atomic E-state index is 10.1. The van der Waals surface area contributed by atoms with Crippen LogP contribution in [0.4, 0.5) is 0 Å². The van der Waals surface area contributed by atoms with Gasteiger partial charge in [0.2, 0.25) is 0 Å². The molecule has 4 radical (unpaired) electrons. The predicted octanol–water partition coefficient (Wildman–Crippen LogP) is 9.54. The van der Waals surface area contributed by atoms with Crippen LogP contribution in [0.5, 0.6) is 0 Å². The smallest absolute Gasteiger partial charge is 0.303 e. The molecule has 0 unspecified atom stereocenters. The van der Waals surface area contributed by atoms with E-state index in [0.717, 1.165) is 51.4 Å². The molecule has 0 bridgehead atoms. The molecule has 0 rings (SSSR count). The molecular formula is C40H88Co4O12Ti. The van der Waals surface area contributed by atoms with Crippen LogP contribution in [0.2, 0.25) is 0 Å². The van der Waals surface area contributed by atoms with E-state index in [1.54, 1.807) is 0 Å². The zero-order valence-corrected chi connectivity index (χ0v) is 41.6. The van der Waals surface area contributed by atoms with Gasteiger partial charge in [0.25, 0.3) is 0 Å².